The molecule has 2 unspecified atom stereocenters. The van der Waals surface area contributed by atoms with Gasteiger partial charge in [-0.15, -0.1) is 0 Å². The molecule has 2 atom stereocenters. The summed E-state index contributed by atoms with van der Waals surface area (Å²) in [6.45, 7) is 6.43. The first-order valence-electron chi connectivity index (χ1n) is 7.71. The molecule has 0 saturated carbocycles. The van der Waals surface area contributed by atoms with Crippen LogP contribution in [0.4, 0.5) is 0 Å². The van der Waals surface area contributed by atoms with Crippen molar-refractivity contribution in [1.82, 2.24) is 14.5 Å². The number of likely N-dealkylation sites (tertiary alicyclic amines) is 1. The minimum absolute atomic E-state index is 0.414. The number of piperidine rings is 1. The topological polar surface area (TPSA) is 58.4 Å². The molecule has 1 saturated heterocycles. The van der Waals surface area contributed by atoms with Crippen LogP contribution in [-0.4, -0.2) is 45.2 Å². The second-order valence-electron chi connectivity index (χ2n) is 5.98. The number of likely N-dealkylation sites (N-methyl/N-ethyl adjacent to an activating group) is 1. The summed E-state index contributed by atoms with van der Waals surface area (Å²) in [6, 6.07) is 0. The highest BCUT2D eigenvalue weighted by Gasteiger charge is 2.31. The molecule has 110 valence electrons. The van der Waals surface area contributed by atoms with E-state index in [1.807, 2.05) is 0 Å². The number of aromatic nitrogens is 2. The molecule has 5 nitrogen and oxygen atoms in total. The standard InChI is InChI=1S/C15H23N3O2/c1-2-17-7-3-5-11(9-17)13-10-18-8-4-6-12(15(19)20)14(18)16-13/h10-12H,2-9H2,1H3,(H,19,20). The van der Waals surface area contributed by atoms with Crippen molar-refractivity contribution >= 4 is 5.97 Å². The first-order valence-corrected chi connectivity index (χ1v) is 7.71. The molecule has 2 aliphatic rings. The fourth-order valence-corrected chi connectivity index (χ4v) is 3.52. The number of fused-ring (bicyclic) bond motifs is 1. The third-order valence-electron chi connectivity index (χ3n) is 4.70. The van der Waals surface area contributed by atoms with E-state index in [2.05, 4.69) is 22.6 Å². The Balaban J connectivity index is 1.83. The van der Waals surface area contributed by atoms with Gasteiger partial charge in [-0.3, -0.25) is 4.79 Å². The van der Waals surface area contributed by atoms with Crippen molar-refractivity contribution in [3.05, 3.63) is 17.7 Å². The van der Waals surface area contributed by atoms with Crippen LogP contribution < -0.4 is 0 Å². The van der Waals surface area contributed by atoms with Crippen molar-refractivity contribution in [3.63, 3.8) is 0 Å². The highest BCUT2D eigenvalue weighted by atomic mass is 16.4. The average molecular weight is 277 g/mol. The molecule has 3 rings (SSSR count). The molecule has 1 aromatic rings. The number of carbonyl (C=O) groups is 1. The maximum Gasteiger partial charge on any atom is 0.314 e. The molecule has 0 amide bonds. The van der Waals surface area contributed by atoms with Gasteiger partial charge in [0, 0.05) is 25.2 Å². The van der Waals surface area contributed by atoms with Crippen molar-refractivity contribution in [2.45, 2.75) is 51.0 Å². The molecule has 1 N–H and O–H groups in total. The molecule has 1 aromatic heterocycles. The Morgan fingerprint density at radius 2 is 2.20 bits per heavy atom. The first-order chi connectivity index (χ1) is 9.69. The molecular weight excluding hydrogens is 254 g/mol. The zero-order chi connectivity index (χ0) is 14.1. The number of carboxylic acids is 1. The predicted octanol–water partition coefficient (Wildman–Crippen LogP) is 2.04. The lowest BCUT2D eigenvalue weighted by Crippen LogP contribution is -2.34. The van der Waals surface area contributed by atoms with Crippen molar-refractivity contribution in [2.24, 2.45) is 0 Å². The molecule has 1 fully saturated rings. The Morgan fingerprint density at radius 3 is 2.95 bits per heavy atom. The molecule has 0 aliphatic carbocycles. The average Bonchev–Trinajstić information content (AvgIpc) is 2.91. The Labute approximate surface area is 119 Å². The number of imidazole rings is 1. The number of hydrogen-bond acceptors (Lipinski definition) is 3. The molecular formula is C15H23N3O2. The van der Waals surface area contributed by atoms with Crippen LogP contribution in [0.1, 0.15) is 56.0 Å². The smallest absolute Gasteiger partial charge is 0.314 e. The van der Waals surface area contributed by atoms with Gasteiger partial charge < -0.3 is 14.6 Å². The van der Waals surface area contributed by atoms with E-state index in [0.717, 1.165) is 44.0 Å². The van der Waals surface area contributed by atoms with Gasteiger partial charge in [0.1, 0.15) is 11.7 Å². The second-order valence-corrected chi connectivity index (χ2v) is 5.98. The van der Waals surface area contributed by atoms with Gasteiger partial charge in [0.2, 0.25) is 0 Å². The highest BCUT2D eigenvalue weighted by molar-refractivity contribution is 5.75. The number of nitrogens with zero attached hydrogens (tertiary/aromatic N) is 3. The van der Waals surface area contributed by atoms with Crippen LogP contribution in [-0.2, 0) is 11.3 Å². The van der Waals surface area contributed by atoms with E-state index < -0.39 is 11.9 Å². The summed E-state index contributed by atoms with van der Waals surface area (Å²) in [5, 5.41) is 9.32. The van der Waals surface area contributed by atoms with Crippen molar-refractivity contribution in [2.75, 3.05) is 19.6 Å². The number of carboxylic acid groups (broad SMARTS) is 1. The molecule has 0 radical (unpaired) electrons. The molecule has 20 heavy (non-hydrogen) atoms. The predicted molar refractivity (Wildman–Crippen MR) is 75.9 cm³/mol. The van der Waals surface area contributed by atoms with Crippen molar-refractivity contribution < 1.29 is 9.90 Å². The molecule has 0 bridgehead atoms. The minimum Gasteiger partial charge on any atom is -0.481 e. The van der Waals surface area contributed by atoms with Crippen LogP contribution >= 0.6 is 0 Å². The van der Waals surface area contributed by atoms with Crippen LogP contribution in [0.25, 0.3) is 0 Å². The maximum absolute atomic E-state index is 11.3. The van der Waals surface area contributed by atoms with E-state index in [0.29, 0.717) is 5.92 Å². The monoisotopic (exact) mass is 277 g/mol. The fraction of sp³-hybridized carbons (Fsp3) is 0.733. The summed E-state index contributed by atoms with van der Waals surface area (Å²) < 4.78 is 2.07. The van der Waals surface area contributed by atoms with Gasteiger partial charge in [0.05, 0.1) is 5.69 Å². The lowest BCUT2D eigenvalue weighted by Gasteiger charge is -2.30. The molecule has 3 heterocycles. The zero-order valence-electron chi connectivity index (χ0n) is 12.1. The summed E-state index contributed by atoms with van der Waals surface area (Å²) in [7, 11) is 0. The molecule has 2 aliphatic heterocycles. The molecule has 5 heteroatoms. The lowest BCUT2D eigenvalue weighted by atomic mass is 9.95. The van der Waals surface area contributed by atoms with Crippen LogP contribution in [0.15, 0.2) is 6.20 Å². The van der Waals surface area contributed by atoms with Crippen LogP contribution in [0, 0.1) is 0 Å². The van der Waals surface area contributed by atoms with Crippen LogP contribution in [0.5, 0.6) is 0 Å². The summed E-state index contributed by atoms with van der Waals surface area (Å²) in [5.74, 6) is 0.0916. The van der Waals surface area contributed by atoms with E-state index in [1.165, 1.54) is 19.4 Å². The van der Waals surface area contributed by atoms with E-state index in [-0.39, 0.29) is 0 Å². The zero-order valence-corrected chi connectivity index (χ0v) is 12.1. The van der Waals surface area contributed by atoms with Crippen molar-refractivity contribution in [3.8, 4) is 0 Å². The van der Waals surface area contributed by atoms with Crippen LogP contribution in [0.3, 0.4) is 0 Å². The van der Waals surface area contributed by atoms with Gasteiger partial charge in [-0.2, -0.15) is 0 Å². The third kappa shape index (κ3) is 2.46. The number of hydrogen-bond donors (Lipinski definition) is 1. The van der Waals surface area contributed by atoms with Gasteiger partial charge in [-0.05, 0) is 38.8 Å². The van der Waals surface area contributed by atoms with Gasteiger partial charge in [-0.25, -0.2) is 4.98 Å². The Hall–Kier alpha value is -1.36. The Morgan fingerprint density at radius 1 is 1.40 bits per heavy atom. The van der Waals surface area contributed by atoms with Gasteiger partial charge in [0.25, 0.3) is 0 Å². The maximum atomic E-state index is 11.3. The van der Waals surface area contributed by atoms with Gasteiger partial charge in [0.15, 0.2) is 0 Å². The SMILES string of the molecule is CCN1CCCC(c2cn3c(n2)C(C(=O)O)CCC3)C1. The van der Waals surface area contributed by atoms with E-state index >= 15 is 0 Å². The molecule has 0 spiro atoms. The van der Waals surface area contributed by atoms with E-state index in [4.69, 9.17) is 4.98 Å². The normalized spacial score (nSPS) is 27.2. The third-order valence-corrected chi connectivity index (χ3v) is 4.70. The summed E-state index contributed by atoms with van der Waals surface area (Å²) in [6.07, 6.45) is 6.14. The Bertz CT molecular complexity index is 497. The lowest BCUT2D eigenvalue weighted by molar-refractivity contribution is -0.139. The number of aliphatic carboxylic acids is 1. The van der Waals surface area contributed by atoms with Crippen molar-refractivity contribution in [1.29, 1.82) is 0 Å². The fourth-order valence-electron chi connectivity index (χ4n) is 3.52. The quantitative estimate of drug-likeness (QED) is 0.918. The molecule has 0 aromatic carbocycles. The second kappa shape index (κ2) is 5.56. The van der Waals surface area contributed by atoms with Gasteiger partial charge in [-0.1, -0.05) is 6.92 Å². The number of aryl methyl sites for hydroxylation is 1. The Kier molecular flexibility index (Phi) is 3.78. The minimum atomic E-state index is -0.734. The van der Waals surface area contributed by atoms with E-state index in [9.17, 15) is 9.90 Å². The summed E-state index contributed by atoms with van der Waals surface area (Å²) >= 11 is 0. The van der Waals surface area contributed by atoms with E-state index in [1.54, 1.807) is 0 Å². The largest absolute Gasteiger partial charge is 0.481 e. The summed E-state index contributed by atoms with van der Waals surface area (Å²) in [4.78, 5) is 18.5. The van der Waals surface area contributed by atoms with Gasteiger partial charge >= 0.3 is 5.97 Å². The number of rotatable bonds is 3. The van der Waals surface area contributed by atoms with Crippen LogP contribution in [0.2, 0.25) is 0 Å². The highest BCUT2D eigenvalue weighted by Crippen LogP contribution is 2.31. The first kappa shape index (κ1) is 13.6. The summed E-state index contributed by atoms with van der Waals surface area (Å²) in [5.41, 5.74) is 1.10.